The summed E-state index contributed by atoms with van der Waals surface area (Å²) in [4.78, 5) is 0. The molecule has 0 bridgehead atoms. The number of hydrogen-bond acceptors (Lipinski definition) is 4. The van der Waals surface area contributed by atoms with Crippen LogP contribution >= 0.6 is 0 Å². The fourth-order valence-electron chi connectivity index (χ4n) is 0.703. The predicted molar refractivity (Wildman–Crippen MR) is 37.0 cm³/mol. The number of nitrogens with two attached hydrogens (primary N) is 2. The van der Waals surface area contributed by atoms with Crippen molar-refractivity contribution in [1.82, 2.24) is 0 Å². The number of aliphatic hydroxyl groups is 2. The fraction of sp³-hybridized carbons (Fsp3) is 0.333. The lowest BCUT2D eigenvalue weighted by Crippen LogP contribution is -2.53. The van der Waals surface area contributed by atoms with Gasteiger partial charge in [-0.2, -0.15) is 0 Å². The van der Waals surface area contributed by atoms with Crippen LogP contribution < -0.4 is 11.5 Å². The van der Waals surface area contributed by atoms with E-state index in [9.17, 15) is 5.11 Å². The van der Waals surface area contributed by atoms with Crippen molar-refractivity contribution in [2.45, 2.75) is 11.8 Å². The van der Waals surface area contributed by atoms with Gasteiger partial charge in [0.05, 0.1) is 6.04 Å². The van der Waals surface area contributed by atoms with Crippen LogP contribution in [0.3, 0.4) is 0 Å². The first-order valence-electron chi connectivity index (χ1n) is 2.89. The molecule has 0 aromatic rings. The molecular formula is C6H10N2O2. The zero-order valence-corrected chi connectivity index (χ0v) is 5.36. The van der Waals surface area contributed by atoms with E-state index in [0.717, 1.165) is 0 Å². The molecule has 1 aliphatic rings. The molecule has 0 fully saturated rings. The fourth-order valence-corrected chi connectivity index (χ4v) is 0.703. The van der Waals surface area contributed by atoms with Crippen LogP contribution in [0.15, 0.2) is 24.0 Å². The predicted octanol–water partition coefficient (Wildman–Crippen LogP) is -1.03. The van der Waals surface area contributed by atoms with Gasteiger partial charge >= 0.3 is 0 Å². The molecule has 0 aliphatic heterocycles. The Morgan fingerprint density at radius 1 is 1.60 bits per heavy atom. The zero-order valence-electron chi connectivity index (χ0n) is 5.36. The second-order valence-corrected chi connectivity index (χ2v) is 2.34. The molecule has 0 heterocycles. The van der Waals surface area contributed by atoms with Gasteiger partial charge in [0, 0.05) is 0 Å². The van der Waals surface area contributed by atoms with Gasteiger partial charge in [-0.1, -0.05) is 0 Å². The highest BCUT2D eigenvalue weighted by atomic mass is 16.3. The average molecular weight is 142 g/mol. The quantitative estimate of drug-likeness (QED) is 0.325. The molecule has 0 spiro atoms. The third kappa shape index (κ3) is 1.18. The van der Waals surface area contributed by atoms with Crippen molar-refractivity contribution < 1.29 is 10.2 Å². The van der Waals surface area contributed by atoms with E-state index in [-0.39, 0.29) is 5.76 Å². The van der Waals surface area contributed by atoms with Crippen LogP contribution in [-0.4, -0.2) is 22.0 Å². The van der Waals surface area contributed by atoms with Gasteiger partial charge in [-0.15, -0.1) is 0 Å². The third-order valence-electron chi connectivity index (χ3n) is 1.41. The highest BCUT2D eigenvalue weighted by molar-refractivity contribution is 5.26. The van der Waals surface area contributed by atoms with Crippen LogP contribution in [0.2, 0.25) is 0 Å². The standard InChI is InChI=1S/C6H10N2O2/c7-5-3-4(9)1-2-6(5,8)10/h1-3,5,9-10H,7-8H2. The first kappa shape index (κ1) is 7.27. The Kier molecular flexibility index (Phi) is 1.52. The van der Waals surface area contributed by atoms with Gasteiger partial charge in [0.15, 0.2) is 5.72 Å². The zero-order chi connectivity index (χ0) is 7.78. The van der Waals surface area contributed by atoms with Gasteiger partial charge in [-0.05, 0) is 18.2 Å². The van der Waals surface area contributed by atoms with Crippen molar-refractivity contribution in [3.63, 3.8) is 0 Å². The lowest BCUT2D eigenvalue weighted by molar-refractivity contribution is 0.0810. The minimum Gasteiger partial charge on any atom is -0.508 e. The Morgan fingerprint density at radius 2 is 2.20 bits per heavy atom. The molecular weight excluding hydrogens is 132 g/mol. The van der Waals surface area contributed by atoms with E-state index in [1.54, 1.807) is 0 Å². The topological polar surface area (TPSA) is 92.5 Å². The third-order valence-corrected chi connectivity index (χ3v) is 1.41. The highest BCUT2D eigenvalue weighted by Crippen LogP contribution is 2.12. The summed E-state index contributed by atoms with van der Waals surface area (Å²) < 4.78 is 0. The van der Waals surface area contributed by atoms with Gasteiger partial charge in [0.2, 0.25) is 0 Å². The molecule has 0 aromatic heterocycles. The molecule has 0 radical (unpaired) electrons. The van der Waals surface area contributed by atoms with Crippen molar-refractivity contribution in [1.29, 1.82) is 0 Å². The van der Waals surface area contributed by atoms with Crippen LogP contribution in [0.5, 0.6) is 0 Å². The van der Waals surface area contributed by atoms with Gasteiger partial charge in [0.25, 0.3) is 0 Å². The number of hydrogen-bond donors (Lipinski definition) is 4. The summed E-state index contributed by atoms with van der Waals surface area (Å²) in [6.07, 6.45) is 3.86. The van der Waals surface area contributed by atoms with Crippen LogP contribution in [0.25, 0.3) is 0 Å². The summed E-state index contributed by atoms with van der Waals surface area (Å²) in [5.74, 6) is 0.0302. The molecule has 6 N–H and O–H groups in total. The van der Waals surface area contributed by atoms with Crippen LogP contribution in [0.1, 0.15) is 0 Å². The Bertz CT molecular complexity index is 196. The van der Waals surface area contributed by atoms with E-state index in [4.69, 9.17) is 16.6 Å². The van der Waals surface area contributed by atoms with Crippen LogP contribution in [-0.2, 0) is 0 Å². The van der Waals surface area contributed by atoms with Crippen molar-refractivity contribution in [2.75, 3.05) is 0 Å². The summed E-state index contributed by atoms with van der Waals surface area (Å²) in [5.41, 5.74) is 9.09. The van der Waals surface area contributed by atoms with Crippen LogP contribution in [0, 0.1) is 0 Å². The van der Waals surface area contributed by atoms with E-state index in [1.165, 1.54) is 18.2 Å². The second kappa shape index (κ2) is 2.09. The normalized spacial score (nSPS) is 39.5. The Balaban J connectivity index is 2.84. The van der Waals surface area contributed by atoms with Crippen molar-refractivity contribution in [2.24, 2.45) is 11.5 Å². The molecule has 4 nitrogen and oxygen atoms in total. The molecule has 0 saturated heterocycles. The Hall–Kier alpha value is -0.840. The van der Waals surface area contributed by atoms with Crippen molar-refractivity contribution in [3.8, 4) is 0 Å². The minimum absolute atomic E-state index is 0.0302. The van der Waals surface area contributed by atoms with Crippen molar-refractivity contribution in [3.05, 3.63) is 24.0 Å². The van der Waals surface area contributed by atoms with Gasteiger partial charge in [-0.25, -0.2) is 0 Å². The molecule has 0 saturated carbocycles. The first-order valence-corrected chi connectivity index (χ1v) is 2.89. The van der Waals surface area contributed by atoms with E-state index < -0.39 is 11.8 Å². The Labute approximate surface area is 58.4 Å². The van der Waals surface area contributed by atoms with Crippen molar-refractivity contribution >= 4 is 0 Å². The van der Waals surface area contributed by atoms with E-state index in [0.29, 0.717) is 0 Å². The summed E-state index contributed by atoms with van der Waals surface area (Å²) in [6, 6.07) is -0.738. The molecule has 1 aliphatic carbocycles. The maximum absolute atomic E-state index is 9.17. The van der Waals surface area contributed by atoms with Gasteiger partial charge < -0.3 is 15.9 Å². The Morgan fingerprint density at radius 3 is 2.60 bits per heavy atom. The average Bonchev–Trinajstić information content (AvgIpc) is 1.81. The minimum atomic E-state index is -1.52. The largest absolute Gasteiger partial charge is 0.508 e. The highest BCUT2D eigenvalue weighted by Gasteiger charge is 2.27. The van der Waals surface area contributed by atoms with E-state index >= 15 is 0 Å². The summed E-state index contributed by atoms with van der Waals surface area (Å²) >= 11 is 0. The molecule has 0 amide bonds. The van der Waals surface area contributed by atoms with Crippen LogP contribution in [0.4, 0.5) is 0 Å². The molecule has 4 heteroatoms. The second-order valence-electron chi connectivity index (χ2n) is 2.34. The molecule has 1 rings (SSSR count). The molecule has 56 valence electrons. The lowest BCUT2D eigenvalue weighted by Gasteiger charge is -2.26. The maximum atomic E-state index is 9.17. The molecule has 2 atom stereocenters. The first-order chi connectivity index (χ1) is 4.52. The van der Waals surface area contributed by atoms with E-state index in [1.807, 2.05) is 0 Å². The molecule has 2 unspecified atom stereocenters. The SMILES string of the molecule is NC1C=C(O)C=CC1(N)O. The summed E-state index contributed by atoms with van der Waals surface area (Å²) in [6.45, 7) is 0. The number of rotatable bonds is 0. The van der Waals surface area contributed by atoms with E-state index in [2.05, 4.69) is 0 Å². The summed E-state index contributed by atoms with van der Waals surface area (Å²) in [7, 11) is 0. The number of aliphatic hydroxyl groups excluding tert-OH is 1. The summed E-state index contributed by atoms with van der Waals surface area (Å²) in [5, 5.41) is 18.0. The molecule has 0 aromatic carbocycles. The van der Waals surface area contributed by atoms with Gasteiger partial charge in [-0.3, -0.25) is 5.73 Å². The molecule has 10 heavy (non-hydrogen) atoms. The van der Waals surface area contributed by atoms with Gasteiger partial charge in [0.1, 0.15) is 5.76 Å². The smallest absolute Gasteiger partial charge is 0.152 e. The monoisotopic (exact) mass is 142 g/mol. The maximum Gasteiger partial charge on any atom is 0.152 e. The number of allylic oxidation sites excluding steroid dienone is 1. The lowest BCUT2D eigenvalue weighted by atomic mass is 10.00.